The lowest BCUT2D eigenvalue weighted by Gasteiger charge is -2.23. The van der Waals surface area contributed by atoms with E-state index in [0.717, 1.165) is 31.5 Å². The van der Waals surface area contributed by atoms with E-state index in [2.05, 4.69) is 19.9 Å². The number of carbonyl (C=O) groups is 1. The Bertz CT molecular complexity index is 1380. The van der Waals surface area contributed by atoms with Crippen LogP contribution in [0.3, 0.4) is 0 Å². The Kier molecular flexibility index (Phi) is 7.10. The van der Waals surface area contributed by atoms with Crippen LogP contribution < -0.4 is 24.8 Å². The number of nitrogens with two attached hydrogens (primary N) is 1. The second-order valence-corrected chi connectivity index (χ2v) is 9.11. The number of rotatable bonds is 8. The molecule has 1 saturated heterocycles. The minimum Gasteiger partial charge on any atom is -0.493 e. The van der Waals surface area contributed by atoms with Crippen molar-refractivity contribution in [2.75, 3.05) is 51.7 Å². The van der Waals surface area contributed by atoms with Gasteiger partial charge in [-0.3, -0.25) is 14.6 Å². The van der Waals surface area contributed by atoms with E-state index in [1.54, 1.807) is 38.5 Å². The van der Waals surface area contributed by atoms with E-state index in [-0.39, 0.29) is 23.4 Å². The fourth-order valence-corrected chi connectivity index (χ4v) is 4.82. The molecule has 3 aromatic rings. The van der Waals surface area contributed by atoms with Crippen LogP contribution in [0.1, 0.15) is 29.5 Å². The van der Waals surface area contributed by atoms with E-state index in [4.69, 9.17) is 19.9 Å². The first-order valence-corrected chi connectivity index (χ1v) is 12.2. The van der Waals surface area contributed by atoms with Gasteiger partial charge in [0.05, 0.1) is 33.7 Å². The summed E-state index contributed by atoms with van der Waals surface area (Å²) in [4.78, 5) is 30.3. The van der Waals surface area contributed by atoms with Gasteiger partial charge >= 0.3 is 0 Å². The van der Waals surface area contributed by atoms with Crippen LogP contribution in [0.5, 0.6) is 17.2 Å². The van der Waals surface area contributed by atoms with Crippen molar-refractivity contribution in [2.24, 2.45) is 4.99 Å². The Balaban J connectivity index is 1.43. The minimum absolute atomic E-state index is 0.0257. The molecule has 1 amide bonds. The number of methoxy groups -OCH3 is 3. The van der Waals surface area contributed by atoms with Gasteiger partial charge in [-0.05, 0) is 61.8 Å². The van der Waals surface area contributed by atoms with E-state index < -0.39 is 5.82 Å². The summed E-state index contributed by atoms with van der Waals surface area (Å²) in [5.74, 6) is 1.01. The number of amides is 1. The fourth-order valence-electron chi connectivity index (χ4n) is 4.82. The van der Waals surface area contributed by atoms with Gasteiger partial charge in [0.2, 0.25) is 5.75 Å². The monoisotopic (exact) mass is 520 g/mol. The first-order valence-electron chi connectivity index (χ1n) is 12.2. The summed E-state index contributed by atoms with van der Waals surface area (Å²) in [7, 11) is 4.64. The zero-order chi connectivity index (χ0) is 26.8. The lowest BCUT2D eigenvalue weighted by Crippen LogP contribution is -2.39. The van der Waals surface area contributed by atoms with E-state index in [1.165, 1.54) is 12.1 Å². The van der Waals surface area contributed by atoms with E-state index in [1.807, 2.05) is 12.1 Å². The summed E-state index contributed by atoms with van der Waals surface area (Å²) < 4.78 is 30.4. The Hall–Kier alpha value is -4.25. The number of hydrogen-bond donors (Lipinski definition) is 1. The number of benzene rings is 2. The molecule has 5 rings (SSSR count). The largest absolute Gasteiger partial charge is 0.493 e. The highest BCUT2D eigenvalue weighted by molar-refractivity contribution is 6.54. The first-order chi connectivity index (χ1) is 18.4. The second-order valence-electron chi connectivity index (χ2n) is 9.11. The third-order valence-corrected chi connectivity index (χ3v) is 6.71. The summed E-state index contributed by atoms with van der Waals surface area (Å²) in [6.07, 6.45) is 4.15. The molecule has 11 heteroatoms. The molecule has 0 spiro atoms. The van der Waals surface area contributed by atoms with Gasteiger partial charge in [-0.25, -0.2) is 14.4 Å². The Morgan fingerprint density at radius 2 is 1.76 bits per heavy atom. The maximum Gasteiger partial charge on any atom is 0.278 e. The molecule has 1 aromatic heterocycles. The predicted octanol–water partition coefficient (Wildman–Crippen LogP) is 3.34. The first kappa shape index (κ1) is 25.4. The topological polar surface area (TPSA) is 115 Å². The van der Waals surface area contributed by atoms with E-state index in [0.29, 0.717) is 47.2 Å². The number of fused-ring (bicyclic) bond motifs is 1. The minimum atomic E-state index is -0.451. The lowest BCUT2D eigenvalue weighted by atomic mass is 10.1. The van der Waals surface area contributed by atoms with Crippen molar-refractivity contribution in [3.05, 3.63) is 59.0 Å². The molecule has 2 N–H and O–H groups in total. The molecule has 0 atom stereocenters. The number of aliphatic imine (C=N–C) groups is 1. The number of halogens is 1. The summed E-state index contributed by atoms with van der Waals surface area (Å²) in [5.41, 5.74) is 8.89. The van der Waals surface area contributed by atoms with Gasteiger partial charge in [0.15, 0.2) is 11.5 Å². The van der Waals surface area contributed by atoms with Crippen molar-refractivity contribution >= 4 is 29.1 Å². The molecular weight excluding hydrogens is 491 g/mol. The van der Waals surface area contributed by atoms with Crippen molar-refractivity contribution in [1.82, 2.24) is 14.9 Å². The fraction of sp³-hybridized carbons (Fsp3) is 0.333. The summed E-state index contributed by atoms with van der Waals surface area (Å²) in [6.45, 7) is 2.26. The van der Waals surface area contributed by atoms with Crippen molar-refractivity contribution in [2.45, 2.75) is 19.3 Å². The molecule has 198 valence electrons. The maximum atomic E-state index is 14.1. The van der Waals surface area contributed by atoms with Crippen molar-refractivity contribution in [3.8, 4) is 17.2 Å². The van der Waals surface area contributed by atoms with Gasteiger partial charge in [-0.1, -0.05) is 0 Å². The van der Waals surface area contributed by atoms with Crippen LogP contribution in [0.4, 0.5) is 21.8 Å². The lowest BCUT2D eigenvalue weighted by molar-refractivity contribution is -0.112. The standard InChI is InChI=1S/C27H29FN6O4/c1-36-21-11-16(12-22(37-2)24(21)38-3)10-17-14-30-27(32-25(17)29)31-23-19-13-18(28)6-7-20(19)34(26(23)35)15-33-8-4-5-9-33/h6-7,11-14H,4-5,8-10,15H2,1-3H3,(H2,29,30,32)/b31-23-. The molecular formula is C27H29FN6O4. The molecule has 2 aromatic carbocycles. The molecule has 10 nitrogen and oxygen atoms in total. The maximum absolute atomic E-state index is 14.1. The van der Waals surface area contributed by atoms with Crippen LogP contribution in [0, 0.1) is 5.82 Å². The molecule has 1 fully saturated rings. The Morgan fingerprint density at radius 3 is 2.39 bits per heavy atom. The SMILES string of the molecule is COc1cc(Cc2cnc(/N=C3\C(=O)N(CN4CCCC4)c4ccc(F)cc43)nc2N)cc(OC)c1OC. The Labute approximate surface area is 219 Å². The van der Waals surface area contributed by atoms with Gasteiger partial charge in [0, 0.05) is 23.7 Å². The molecule has 0 radical (unpaired) electrons. The molecule has 0 bridgehead atoms. The van der Waals surface area contributed by atoms with Crippen molar-refractivity contribution < 1.29 is 23.4 Å². The quantitative estimate of drug-likeness (QED) is 0.481. The number of ether oxygens (including phenoxy) is 3. The Morgan fingerprint density at radius 1 is 1.05 bits per heavy atom. The molecule has 38 heavy (non-hydrogen) atoms. The normalized spacial score (nSPS) is 16.3. The van der Waals surface area contributed by atoms with Crippen LogP contribution in [0.2, 0.25) is 0 Å². The van der Waals surface area contributed by atoms with Gasteiger partial charge in [-0.2, -0.15) is 4.98 Å². The number of carbonyl (C=O) groups excluding carboxylic acids is 1. The number of nitrogen functional groups attached to an aromatic ring is 1. The zero-order valence-corrected chi connectivity index (χ0v) is 21.5. The number of likely N-dealkylation sites (tertiary alicyclic amines) is 1. The molecule has 0 aliphatic carbocycles. The molecule has 0 unspecified atom stereocenters. The van der Waals surface area contributed by atoms with Crippen molar-refractivity contribution in [3.63, 3.8) is 0 Å². The van der Waals surface area contributed by atoms with Crippen LogP contribution in [0.25, 0.3) is 0 Å². The van der Waals surface area contributed by atoms with E-state index >= 15 is 0 Å². The second kappa shape index (κ2) is 10.6. The summed E-state index contributed by atoms with van der Waals surface area (Å²) in [5, 5.41) is 0. The highest BCUT2D eigenvalue weighted by Crippen LogP contribution is 2.39. The van der Waals surface area contributed by atoms with Crippen molar-refractivity contribution in [1.29, 1.82) is 0 Å². The average Bonchev–Trinajstić information content (AvgIpc) is 3.52. The van der Waals surface area contributed by atoms with Gasteiger partial charge in [-0.15, -0.1) is 0 Å². The molecule has 2 aliphatic rings. The zero-order valence-electron chi connectivity index (χ0n) is 21.5. The predicted molar refractivity (Wildman–Crippen MR) is 141 cm³/mol. The summed E-state index contributed by atoms with van der Waals surface area (Å²) >= 11 is 0. The highest BCUT2D eigenvalue weighted by atomic mass is 19.1. The molecule has 3 heterocycles. The van der Waals surface area contributed by atoms with Gasteiger partial charge in [0.25, 0.3) is 11.9 Å². The smallest absolute Gasteiger partial charge is 0.278 e. The third kappa shape index (κ3) is 4.84. The average molecular weight is 521 g/mol. The third-order valence-electron chi connectivity index (χ3n) is 6.71. The molecule has 0 saturated carbocycles. The van der Waals surface area contributed by atoms with Gasteiger partial charge in [0.1, 0.15) is 17.3 Å². The van der Waals surface area contributed by atoms with Crippen LogP contribution in [-0.4, -0.2) is 67.6 Å². The van der Waals surface area contributed by atoms with Crippen LogP contribution in [-0.2, 0) is 11.2 Å². The highest BCUT2D eigenvalue weighted by Gasteiger charge is 2.36. The van der Waals surface area contributed by atoms with Gasteiger partial charge < -0.3 is 19.9 Å². The van der Waals surface area contributed by atoms with Crippen LogP contribution in [0.15, 0.2) is 41.5 Å². The van der Waals surface area contributed by atoms with E-state index in [9.17, 15) is 9.18 Å². The number of hydrogen-bond acceptors (Lipinski definition) is 9. The number of anilines is 2. The molecule has 2 aliphatic heterocycles. The summed E-state index contributed by atoms with van der Waals surface area (Å²) in [6, 6.07) is 7.92. The number of aromatic nitrogens is 2. The van der Waals surface area contributed by atoms with Crippen LogP contribution >= 0.6 is 0 Å². The number of nitrogens with zero attached hydrogens (tertiary/aromatic N) is 5.